The Bertz CT molecular complexity index is 1870. The molecule has 0 saturated heterocycles. The van der Waals surface area contributed by atoms with Crippen LogP contribution in [-0.2, 0) is 7.05 Å². The van der Waals surface area contributed by atoms with Crippen LogP contribution in [0.3, 0.4) is 0 Å². The monoisotopic (exact) mass is 479 g/mol. The Morgan fingerprint density at radius 3 is 2.03 bits per heavy atom. The molecule has 4 heteroatoms. The van der Waals surface area contributed by atoms with E-state index in [0.29, 0.717) is 28.0 Å². The van der Waals surface area contributed by atoms with Gasteiger partial charge in [-0.15, -0.1) is 0 Å². The van der Waals surface area contributed by atoms with Crippen molar-refractivity contribution >= 4 is 21.9 Å². The Labute approximate surface area is 212 Å². The first-order valence-corrected chi connectivity index (χ1v) is 11.6. The second kappa shape index (κ2) is 8.42. The van der Waals surface area contributed by atoms with Crippen LogP contribution >= 0.6 is 0 Å². The summed E-state index contributed by atoms with van der Waals surface area (Å²) in [7, 11) is 1.85. The molecule has 2 aromatic heterocycles. The normalized spacial score (nSPS) is 13.1. The van der Waals surface area contributed by atoms with E-state index in [9.17, 15) is 4.39 Å². The number of furan rings is 1. The van der Waals surface area contributed by atoms with Crippen molar-refractivity contribution in [2.45, 2.75) is 13.8 Å². The van der Waals surface area contributed by atoms with Crippen molar-refractivity contribution in [2.75, 3.05) is 0 Å². The number of halogens is 2. The lowest BCUT2D eigenvalue weighted by Crippen LogP contribution is -2.30. The molecule has 0 atom stereocenters. The Kier molecular flexibility index (Phi) is 4.43. The van der Waals surface area contributed by atoms with Crippen LogP contribution in [0.5, 0.6) is 0 Å². The molecule has 2 heterocycles. The maximum Gasteiger partial charge on any atom is 0.219 e. The zero-order chi connectivity index (χ0) is 27.5. The van der Waals surface area contributed by atoms with Crippen molar-refractivity contribution in [1.29, 1.82) is 0 Å². The zero-order valence-corrected chi connectivity index (χ0v) is 19.8. The van der Waals surface area contributed by atoms with Crippen molar-refractivity contribution in [2.24, 2.45) is 7.05 Å². The van der Waals surface area contributed by atoms with Gasteiger partial charge in [-0.3, -0.25) is 0 Å². The summed E-state index contributed by atoms with van der Waals surface area (Å²) in [5.41, 5.74) is 6.34. The molecule has 0 aliphatic rings. The van der Waals surface area contributed by atoms with Gasteiger partial charge < -0.3 is 4.42 Å². The summed E-state index contributed by atoms with van der Waals surface area (Å²) in [4.78, 5) is 0. The number of aryl methyl sites for hydroxylation is 3. The van der Waals surface area contributed by atoms with Gasteiger partial charge in [0, 0.05) is 27.0 Å². The summed E-state index contributed by atoms with van der Waals surface area (Å²) >= 11 is 0. The van der Waals surface area contributed by atoms with Crippen LogP contribution in [0.1, 0.15) is 15.2 Å². The first-order valence-electron chi connectivity index (χ1n) is 13.1. The molecule has 176 valence electrons. The molecule has 0 radical (unpaired) electrons. The summed E-state index contributed by atoms with van der Waals surface area (Å²) in [6.45, 7) is -0.215. The molecule has 2 nitrogen and oxygen atoms in total. The fourth-order valence-electron chi connectivity index (χ4n) is 4.85. The Morgan fingerprint density at radius 2 is 1.33 bits per heavy atom. The standard InChI is InChI=1S/C32H24F2NO/c1-19-4-7-21(8-5-19)22-9-11-23(12-10-22)30-27(34)15-14-26-25-13-6-20(2)29(31(25)36-32(26)30)28-18-24(33)16-17-35(28)3/h4-18H,1-3H3/q+1/i1D3. The third-order valence-corrected chi connectivity index (χ3v) is 6.73. The number of rotatable bonds is 3. The molecular weight excluding hydrogens is 452 g/mol. The van der Waals surface area contributed by atoms with Gasteiger partial charge in [0.05, 0.1) is 11.1 Å². The quantitative estimate of drug-likeness (QED) is 0.233. The first-order chi connectivity index (χ1) is 18.6. The Balaban J connectivity index is 1.49. The number of aromatic nitrogens is 1. The van der Waals surface area contributed by atoms with E-state index in [-0.39, 0.29) is 11.4 Å². The maximum absolute atomic E-state index is 15.4. The lowest BCUT2D eigenvalue weighted by molar-refractivity contribution is -0.660. The van der Waals surface area contributed by atoms with Crippen molar-refractivity contribution in [1.82, 2.24) is 0 Å². The highest BCUT2D eigenvalue weighted by atomic mass is 19.1. The predicted octanol–water partition coefficient (Wildman–Crippen LogP) is 8.31. The second-order valence-corrected chi connectivity index (χ2v) is 9.03. The summed E-state index contributed by atoms with van der Waals surface area (Å²) < 4.78 is 60.5. The molecule has 0 N–H and O–H groups in total. The smallest absolute Gasteiger partial charge is 0.219 e. The van der Waals surface area contributed by atoms with E-state index in [1.54, 1.807) is 36.5 Å². The summed E-state index contributed by atoms with van der Waals surface area (Å²) in [5, 5.41) is 1.59. The topological polar surface area (TPSA) is 17.0 Å². The molecule has 0 spiro atoms. The molecule has 0 amide bonds. The lowest BCUT2D eigenvalue weighted by Gasteiger charge is -2.07. The van der Waals surface area contributed by atoms with Crippen LogP contribution < -0.4 is 4.57 Å². The predicted molar refractivity (Wildman–Crippen MR) is 141 cm³/mol. The first kappa shape index (κ1) is 18.9. The van der Waals surface area contributed by atoms with E-state index < -0.39 is 12.7 Å². The van der Waals surface area contributed by atoms with Gasteiger partial charge in [-0.2, -0.15) is 0 Å². The fraction of sp³-hybridized carbons (Fsp3) is 0.0938. The molecular formula is C32H24F2NO+. The van der Waals surface area contributed by atoms with E-state index in [1.165, 1.54) is 18.2 Å². The minimum Gasteiger partial charge on any atom is -0.454 e. The molecule has 36 heavy (non-hydrogen) atoms. The number of hydrogen-bond donors (Lipinski definition) is 0. The number of benzene rings is 4. The number of hydrogen-bond acceptors (Lipinski definition) is 1. The van der Waals surface area contributed by atoms with Gasteiger partial charge in [-0.25, -0.2) is 13.3 Å². The third-order valence-electron chi connectivity index (χ3n) is 6.73. The van der Waals surface area contributed by atoms with Crippen LogP contribution in [0.25, 0.3) is 55.4 Å². The fourth-order valence-corrected chi connectivity index (χ4v) is 4.85. The molecule has 0 saturated carbocycles. The maximum atomic E-state index is 15.4. The van der Waals surface area contributed by atoms with Crippen molar-refractivity contribution in [3.63, 3.8) is 0 Å². The summed E-state index contributed by atoms with van der Waals surface area (Å²) in [5.74, 6) is -0.763. The summed E-state index contributed by atoms with van der Waals surface area (Å²) in [6, 6.07) is 24.1. The van der Waals surface area contributed by atoms with Crippen LogP contribution in [-0.4, -0.2) is 0 Å². The molecule has 6 aromatic rings. The van der Waals surface area contributed by atoms with Gasteiger partial charge in [-0.1, -0.05) is 66.2 Å². The van der Waals surface area contributed by atoms with Crippen LogP contribution in [0.2, 0.25) is 0 Å². The van der Waals surface area contributed by atoms with Crippen LogP contribution in [0.4, 0.5) is 8.78 Å². The van der Waals surface area contributed by atoms with E-state index >= 15 is 4.39 Å². The van der Waals surface area contributed by atoms with Gasteiger partial charge in [-0.05, 0) is 48.2 Å². The van der Waals surface area contributed by atoms with Crippen molar-refractivity contribution in [3.05, 3.63) is 114 Å². The summed E-state index contributed by atoms with van der Waals surface area (Å²) in [6.07, 6.45) is 1.66. The number of fused-ring (bicyclic) bond motifs is 3. The highest BCUT2D eigenvalue weighted by Crippen LogP contribution is 2.41. The minimum atomic E-state index is -2.16. The Morgan fingerprint density at radius 1 is 0.722 bits per heavy atom. The average Bonchev–Trinajstić information content (AvgIpc) is 3.28. The number of pyridine rings is 1. The number of nitrogens with zero attached hydrogens (tertiary/aromatic N) is 1. The average molecular weight is 480 g/mol. The Hall–Kier alpha value is -4.31. The highest BCUT2D eigenvalue weighted by molar-refractivity contribution is 6.13. The third kappa shape index (κ3) is 3.57. The highest BCUT2D eigenvalue weighted by Gasteiger charge is 2.23. The second-order valence-electron chi connectivity index (χ2n) is 9.03. The molecule has 0 bridgehead atoms. The van der Waals surface area contributed by atoms with Crippen molar-refractivity contribution in [3.8, 4) is 33.5 Å². The van der Waals surface area contributed by atoms with Crippen LogP contribution in [0.15, 0.2) is 95.5 Å². The van der Waals surface area contributed by atoms with Crippen molar-refractivity contribution < 1.29 is 21.9 Å². The SMILES string of the molecule is [2H]C([2H])([2H])c1ccc(-c2ccc(-c3c(F)ccc4c3oc3c(-c5cc(F)cc[n+]5C)c(C)ccc34)cc2)cc1. The molecule has 4 aromatic carbocycles. The van der Waals surface area contributed by atoms with Gasteiger partial charge in [0.2, 0.25) is 5.69 Å². The molecule has 0 unspecified atom stereocenters. The van der Waals surface area contributed by atoms with Gasteiger partial charge in [0.15, 0.2) is 6.20 Å². The van der Waals surface area contributed by atoms with E-state index in [4.69, 9.17) is 8.53 Å². The minimum absolute atomic E-state index is 0.281. The van der Waals surface area contributed by atoms with E-state index in [0.717, 1.165) is 33.0 Å². The van der Waals surface area contributed by atoms with Crippen LogP contribution in [0, 0.1) is 25.4 Å². The van der Waals surface area contributed by atoms with Gasteiger partial charge in [0.1, 0.15) is 29.8 Å². The molecule has 6 rings (SSSR count). The molecule has 0 aliphatic heterocycles. The van der Waals surface area contributed by atoms with E-state index in [2.05, 4.69) is 0 Å². The largest absolute Gasteiger partial charge is 0.454 e. The lowest BCUT2D eigenvalue weighted by atomic mass is 9.97. The van der Waals surface area contributed by atoms with E-state index in [1.807, 2.05) is 54.9 Å². The van der Waals surface area contributed by atoms with Gasteiger partial charge in [0.25, 0.3) is 0 Å². The molecule has 0 aliphatic carbocycles. The molecule has 0 fully saturated rings. The van der Waals surface area contributed by atoms with Gasteiger partial charge >= 0.3 is 0 Å². The zero-order valence-electron chi connectivity index (χ0n) is 22.8.